The van der Waals surface area contributed by atoms with Crippen molar-refractivity contribution in [1.29, 1.82) is 0 Å². The van der Waals surface area contributed by atoms with Gasteiger partial charge in [0.15, 0.2) is 0 Å². The third-order valence-electron chi connectivity index (χ3n) is 4.88. The highest BCUT2D eigenvalue weighted by Gasteiger charge is 2.46. The lowest BCUT2D eigenvalue weighted by Gasteiger charge is -2.30. The molecule has 5 nitrogen and oxygen atoms in total. The van der Waals surface area contributed by atoms with E-state index >= 15 is 0 Å². The van der Waals surface area contributed by atoms with Crippen molar-refractivity contribution in [3.05, 3.63) is 0 Å². The molecule has 0 aliphatic heterocycles. The number of carbonyl (C=O) groups excluding carboxylic acids is 1. The molecule has 3 N–H and O–H groups in total. The molecule has 1 amide bonds. The summed E-state index contributed by atoms with van der Waals surface area (Å²) in [5, 5.41) is 3.06. The zero-order valence-corrected chi connectivity index (χ0v) is 13.8. The SMILES string of the molecule is CS(=O)(=O)CC1(CC(=O)NC(CN)C2CCCCC2)CC1. The number of carbonyl (C=O) groups is 1. The van der Waals surface area contributed by atoms with Gasteiger partial charge in [-0.15, -0.1) is 0 Å². The minimum Gasteiger partial charge on any atom is -0.352 e. The van der Waals surface area contributed by atoms with Gasteiger partial charge in [0.2, 0.25) is 5.91 Å². The van der Waals surface area contributed by atoms with E-state index in [2.05, 4.69) is 5.32 Å². The van der Waals surface area contributed by atoms with Crippen LogP contribution in [0, 0.1) is 11.3 Å². The molecule has 122 valence electrons. The van der Waals surface area contributed by atoms with E-state index < -0.39 is 9.84 Å². The van der Waals surface area contributed by atoms with Gasteiger partial charge in [-0.25, -0.2) is 8.42 Å². The van der Waals surface area contributed by atoms with E-state index in [0.29, 0.717) is 18.9 Å². The second-order valence-electron chi connectivity index (χ2n) is 7.05. The Balaban J connectivity index is 1.85. The van der Waals surface area contributed by atoms with E-state index in [1.165, 1.54) is 25.5 Å². The van der Waals surface area contributed by atoms with Crippen LogP contribution in [-0.4, -0.2) is 38.9 Å². The minimum atomic E-state index is -3.02. The summed E-state index contributed by atoms with van der Waals surface area (Å²) in [5.74, 6) is 0.583. The molecule has 0 spiro atoms. The van der Waals surface area contributed by atoms with Gasteiger partial charge in [-0.2, -0.15) is 0 Å². The fraction of sp³-hybridized carbons (Fsp3) is 0.933. The van der Waals surface area contributed by atoms with Crippen molar-refractivity contribution >= 4 is 15.7 Å². The van der Waals surface area contributed by atoms with E-state index in [-0.39, 0.29) is 23.1 Å². The lowest BCUT2D eigenvalue weighted by atomic mass is 9.83. The van der Waals surface area contributed by atoms with Crippen molar-refractivity contribution < 1.29 is 13.2 Å². The van der Waals surface area contributed by atoms with E-state index in [1.807, 2.05) is 0 Å². The molecule has 0 saturated heterocycles. The van der Waals surface area contributed by atoms with Gasteiger partial charge < -0.3 is 11.1 Å². The van der Waals surface area contributed by atoms with E-state index in [1.54, 1.807) is 0 Å². The summed E-state index contributed by atoms with van der Waals surface area (Å²) < 4.78 is 22.9. The van der Waals surface area contributed by atoms with Crippen LogP contribution < -0.4 is 11.1 Å². The van der Waals surface area contributed by atoms with Gasteiger partial charge in [0.25, 0.3) is 0 Å². The zero-order valence-electron chi connectivity index (χ0n) is 12.9. The minimum absolute atomic E-state index is 0.0304. The number of hydrogen-bond donors (Lipinski definition) is 2. The van der Waals surface area contributed by atoms with E-state index in [9.17, 15) is 13.2 Å². The predicted molar refractivity (Wildman–Crippen MR) is 83.6 cm³/mol. The van der Waals surface area contributed by atoms with Crippen molar-refractivity contribution in [3.8, 4) is 0 Å². The highest BCUT2D eigenvalue weighted by Crippen LogP contribution is 2.49. The number of nitrogens with one attached hydrogen (secondary N) is 1. The molecule has 0 aromatic carbocycles. The molecule has 1 atom stereocenters. The smallest absolute Gasteiger partial charge is 0.220 e. The van der Waals surface area contributed by atoms with Gasteiger partial charge in [-0.1, -0.05) is 19.3 Å². The van der Waals surface area contributed by atoms with Gasteiger partial charge in [-0.3, -0.25) is 4.79 Å². The second-order valence-corrected chi connectivity index (χ2v) is 9.19. The van der Waals surface area contributed by atoms with Crippen molar-refractivity contribution in [2.24, 2.45) is 17.1 Å². The lowest BCUT2D eigenvalue weighted by molar-refractivity contribution is -0.123. The van der Waals surface area contributed by atoms with E-state index in [0.717, 1.165) is 25.7 Å². The van der Waals surface area contributed by atoms with Crippen LogP contribution in [0.1, 0.15) is 51.4 Å². The molecule has 6 heteroatoms. The first-order valence-electron chi connectivity index (χ1n) is 8.01. The lowest BCUT2D eigenvalue weighted by Crippen LogP contribution is -2.46. The van der Waals surface area contributed by atoms with Crippen molar-refractivity contribution in [3.63, 3.8) is 0 Å². The summed E-state index contributed by atoms with van der Waals surface area (Å²) in [5.41, 5.74) is 5.52. The Labute approximate surface area is 128 Å². The molecule has 2 aliphatic carbocycles. The van der Waals surface area contributed by atoms with Crippen LogP contribution >= 0.6 is 0 Å². The first-order valence-corrected chi connectivity index (χ1v) is 10.1. The fourth-order valence-corrected chi connectivity index (χ4v) is 5.11. The van der Waals surface area contributed by atoms with Crippen molar-refractivity contribution in [2.45, 2.75) is 57.4 Å². The van der Waals surface area contributed by atoms with Gasteiger partial charge in [0.05, 0.1) is 5.75 Å². The number of rotatable bonds is 7. The van der Waals surface area contributed by atoms with Crippen LogP contribution in [0.3, 0.4) is 0 Å². The summed E-state index contributed by atoms with van der Waals surface area (Å²) >= 11 is 0. The second kappa shape index (κ2) is 6.65. The van der Waals surface area contributed by atoms with Gasteiger partial charge in [0.1, 0.15) is 9.84 Å². The van der Waals surface area contributed by atoms with Crippen molar-refractivity contribution in [2.75, 3.05) is 18.6 Å². The Hall–Kier alpha value is -0.620. The molecule has 2 aliphatic rings. The Morgan fingerprint density at radius 3 is 2.38 bits per heavy atom. The third-order valence-corrected chi connectivity index (χ3v) is 6.02. The number of sulfone groups is 1. The Kier molecular flexibility index (Phi) is 5.30. The van der Waals surface area contributed by atoms with E-state index in [4.69, 9.17) is 5.73 Å². The number of amides is 1. The Morgan fingerprint density at radius 1 is 1.29 bits per heavy atom. The van der Waals surface area contributed by atoms with Gasteiger partial charge >= 0.3 is 0 Å². The normalized spacial score (nSPS) is 23.5. The predicted octanol–water partition coefficient (Wildman–Crippen LogP) is 1.23. The largest absolute Gasteiger partial charge is 0.352 e. The average Bonchev–Trinajstić information content (AvgIpc) is 3.13. The Morgan fingerprint density at radius 2 is 1.90 bits per heavy atom. The maximum absolute atomic E-state index is 12.2. The molecular weight excluding hydrogens is 288 g/mol. The summed E-state index contributed by atoms with van der Waals surface area (Å²) in [6, 6.07) is 0.0480. The van der Waals surface area contributed by atoms with Crippen LogP contribution in [-0.2, 0) is 14.6 Å². The van der Waals surface area contributed by atoms with Crippen LogP contribution in [0.25, 0.3) is 0 Å². The average molecular weight is 316 g/mol. The van der Waals surface area contributed by atoms with Gasteiger partial charge in [0, 0.05) is 25.3 Å². The first kappa shape index (κ1) is 16.7. The molecular formula is C15H28N2O3S. The first-order chi connectivity index (χ1) is 9.84. The summed E-state index contributed by atoms with van der Waals surface area (Å²) in [4.78, 5) is 12.2. The van der Waals surface area contributed by atoms with Crippen LogP contribution in [0.4, 0.5) is 0 Å². The highest BCUT2D eigenvalue weighted by molar-refractivity contribution is 7.90. The molecule has 21 heavy (non-hydrogen) atoms. The molecule has 2 rings (SSSR count). The zero-order chi connectivity index (χ0) is 15.5. The maximum Gasteiger partial charge on any atom is 0.220 e. The Bertz CT molecular complexity index is 465. The van der Waals surface area contributed by atoms with Crippen molar-refractivity contribution in [1.82, 2.24) is 5.32 Å². The summed E-state index contributed by atoms with van der Waals surface area (Å²) in [6.45, 7) is 0.468. The maximum atomic E-state index is 12.2. The molecule has 0 aromatic heterocycles. The molecule has 2 saturated carbocycles. The molecule has 2 fully saturated rings. The molecule has 1 unspecified atom stereocenters. The summed E-state index contributed by atoms with van der Waals surface area (Å²) in [6.07, 6.45) is 9.23. The summed E-state index contributed by atoms with van der Waals surface area (Å²) in [7, 11) is -3.02. The standard InChI is InChI=1S/C15H28N2O3S/c1-21(19,20)11-15(7-8-15)9-14(18)17-13(10-16)12-5-3-2-4-6-12/h12-13H,2-11,16H2,1H3,(H,17,18). The van der Waals surface area contributed by atoms with Crippen LogP contribution in [0.15, 0.2) is 0 Å². The molecule has 0 bridgehead atoms. The van der Waals surface area contributed by atoms with Crippen LogP contribution in [0.5, 0.6) is 0 Å². The molecule has 0 aromatic rings. The third kappa shape index (κ3) is 5.25. The quantitative estimate of drug-likeness (QED) is 0.739. The highest BCUT2D eigenvalue weighted by atomic mass is 32.2. The van der Waals surface area contributed by atoms with Gasteiger partial charge in [-0.05, 0) is 37.0 Å². The number of hydrogen-bond acceptors (Lipinski definition) is 4. The molecule has 0 radical (unpaired) electrons. The monoisotopic (exact) mass is 316 g/mol. The number of nitrogens with two attached hydrogens (primary N) is 1. The topological polar surface area (TPSA) is 89.3 Å². The van der Waals surface area contributed by atoms with Crippen LogP contribution in [0.2, 0.25) is 0 Å². The fourth-order valence-electron chi connectivity index (χ4n) is 3.61. The molecule has 0 heterocycles.